The number of aryl methyl sites for hydroxylation is 1. The molecule has 78 valence electrons. The maximum Gasteiger partial charge on any atom is 0.125 e. The Hall–Kier alpha value is -1.70. The van der Waals surface area contributed by atoms with Crippen LogP contribution in [0.2, 0.25) is 0 Å². The topological polar surface area (TPSA) is 25.2 Å². The van der Waals surface area contributed by atoms with Gasteiger partial charge in [-0.1, -0.05) is 18.2 Å². The Morgan fingerprint density at radius 3 is 2.60 bits per heavy atom. The summed E-state index contributed by atoms with van der Waals surface area (Å²) in [4.78, 5) is 0. The van der Waals surface area contributed by atoms with Crippen molar-refractivity contribution in [1.29, 1.82) is 0 Å². The number of furan rings is 1. The average molecular weight is 201 g/mol. The summed E-state index contributed by atoms with van der Waals surface area (Å²) in [5, 5.41) is 3.42. The molecular formula is C13H15NO. The summed E-state index contributed by atoms with van der Waals surface area (Å²) in [6.07, 6.45) is 1.70. The lowest BCUT2D eigenvalue weighted by Gasteiger charge is -2.14. The lowest BCUT2D eigenvalue weighted by Crippen LogP contribution is -2.06. The Morgan fingerprint density at radius 2 is 1.93 bits per heavy atom. The van der Waals surface area contributed by atoms with E-state index in [2.05, 4.69) is 31.3 Å². The quantitative estimate of drug-likeness (QED) is 0.817. The molecule has 1 heterocycles. The zero-order chi connectivity index (χ0) is 10.7. The van der Waals surface area contributed by atoms with Gasteiger partial charge >= 0.3 is 0 Å². The maximum absolute atomic E-state index is 5.34. The van der Waals surface area contributed by atoms with Gasteiger partial charge in [-0.15, -0.1) is 0 Å². The maximum atomic E-state index is 5.34. The standard InChI is InChI=1S/C13H15NO/c1-10-6-3-4-7-12(10)14-11(2)13-8-5-9-15-13/h3-9,11,14H,1-2H3. The third-order valence-electron chi connectivity index (χ3n) is 2.49. The summed E-state index contributed by atoms with van der Waals surface area (Å²) in [6.45, 7) is 4.18. The molecule has 1 N–H and O–H groups in total. The van der Waals surface area contributed by atoms with Gasteiger partial charge in [0.2, 0.25) is 0 Å². The average Bonchev–Trinajstić information content (AvgIpc) is 2.74. The normalized spacial score (nSPS) is 12.4. The fraction of sp³-hybridized carbons (Fsp3) is 0.231. The molecule has 0 aliphatic heterocycles. The number of hydrogen-bond donors (Lipinski definition) is 1. The predicted molar refractivity (Wildman–Crippen MR) is 61.9 cm³/mol. The van der Waals surface area contributed by atoms with Crippen LogP contribution in [0.5, 0.6) is 0 Å². The first-order valence-electron chi connectivity index (χ1n) is 5.13. The molecule has 2 heteroatoms. The van der Waals surface area contributed by atoms with E-state index in [1.807, 2.05) is 24.3 Å². The highest BCUT2D eigenvalue weighted by Gasteiger charge is 2.08. The summed E-state index contributed by atoms with van der Waals surface area (Å²) in [5.74, 6) is 0.957. The first-order chi connectivity index (χ1) is 7.27. The van der Waals surface area contributed by atoms with E-state index in [1.54, 1.807) is 6.26 Å². The minimum absolute atomic E-state index is 0.195. The zero-order valence-electron chi connectivity index (χ0n) is 9.03. The molecule has 2 rings (SSSR count). The molecule has 0 fully saturated rings. The van der Waals surface area contributed by atoms with Crippen molar-refractivity contribution in [1.82, 2.24) is 0 Å². The number of para-hydroxylation sites is 1. The van der Waals surface area contributed by atoms with Gasteiger partial charge < -0.3 is 9.73 Å². The van der Waals surface area contributed by atoms with Gasteiger partial charge in [0.25, 0.3) is 0 Å². The number of benzene rings is 1. The molecule has 15 heavy (non-hydrogen) atoms. The van der Waals surface area contributed by atoms with Crippen molar-refractivity contribution >= 4 is 5.69 Å². The fourth-order valence-electron chi connectivity index (χ4n) is 1.58. The highest BCUT2D eigenvalue weighted by atomic mass is 16.3. The van der Waals surface area contributed by atoms with Crippen LogP contribution in [0.25, 0.3) is 0 Å². The van der Waals surface area contributed by atoms with E-state index in [4.69, 9.17) is 4.42 Å². The van der Waals surface area contributed by atoms with Crippen molar-refractivity contribution in [3.63, 3.8) is 0 Å². The molecule has 0 saturated carbocycles. The number of anilines is 1. The SMILES string of the molecule is Cc1ccccc1NC(C)c1ccco1. The molecule has 1 unspecified atom stereocenters. The number of nitrogens with one attached hydrogen (secondary N) is 1. The van der Waals surface area contributed by atoms with Gasteiger partial charge in [-0.3, -0.25) is 0 Å². The third kappa shape index (κ3) is 2.21. The summed E-state index contributed by atoms with van der Waals surface area (Å²) in [6, 6.07) is 12.3. The fourth-order valence-corrected chi connectivity index (χ4v) is 1.58. The molecule has 1 aromatic heterocycles. The molecule has 0 aliphatic rings. The first kappa shape index (κ1) is 9.84. The van der Waals surface area contributed by atoms with E-state index in [-0.39, 0.29) is 6.04 Å². The number of rotatable bonds is 3. The molecule has 0 saturated heterocycles. The van der Waals surface area contributed by atoms with E-state index >= 15 is 0 Å². The molecule has 0 spiro atoms. The Labute approximate surface area is 89.9 Å². The van der Waals surface area contributed by atoms with Crippen LogP contribution >= 0.6 is 0 Å². The van der Waals surface area contributed by atoms with Crippen LogP contribution in [0.15, 0.2) is 47.1 Å². The molecule has 0 radical (unpaired) electrons. The van der Waals surface area contributed by atoms with Gasteiger partial charge in [-0.25, -0.2) is 0 Å². The Morgan fingerprint density at radius 1 is 1.13 bits per heavy atom. The Kier molecular flexibility index (Phi) is 2.77. The van der Waals surface area contributed by atoms with Gasteiger partial charge in [-0.2, -0.15) is 0 Å². The van der Waals surface area contributed by atoms with Crippen molar-refractivity contribution in [2.45, 2.75) is 19.9 Å². The van der Waals surface area contributed by atoms with Crippen LogP contribution in [0.1, 0.15) is 24.3 Å². The van der Waals surface area contributed by atoms with Gasteiger partial charge in [0.1, 0.15) is 5.76 Å². The summed E-state index contributed by atoms with van der Waals surface area (Å²) < 4.78 is 5.34. The van der Waals surface area contributed by atoms with Crippen LogP contribution in [0.4, 0.5) is 5.69 Å². The lowest BCUT2D eigenvalue weighted by atomic mass is 10.1. The van der Waals surface area contributed by atoms with Crippen molar-refractivity contribution in [3.8, 4) is 0 Å². The second kappa shape index (κ2) is 4.22. The first-order valence-corrected chi connectivity index (χ1v) is 5.13. The van der Waals surface area contributed by atoms with Crippen molar-refractivity contribution < 1.29 is 4.42 Å². The monoisotopic (exact) mass is 201 g/mol. The molecule has 1 atom stereocenters. The van der Waals surface area contributed by atoms with Crippen LogP contribution < -0.4 is 5.32 Å². The minimum Gasteiger partial charge on any atom is -0.467 e. The van der Waals surface area contributed by atoms with Crippen LogP contribution in [0.3, 0.4) is 0 Å². The van der Waals surface area contributed by atoms with E-state index in [0.717, 1.165) is 11.4 Å². The molecule has 0 bridgehead atoms. The molecule has 2 nitrogen and oxygen atoms in total. The van der Waals surface area contributed by atoms with Gasteiger partial charge in [0.05, 0.1) is 12.3 Å². The summed E-state index contributed by atoms with van der Waals surface area (Å²) >= 11 is 0. The van der Waals surface area contributed by atoms with Crippen LogP contribution in [0, 0.1) is 6.92 Å². The second-order valence-electron chi connectivity index (χ2n) is 3.70. The molecule has 1 aromatic carbocycles. The molecular weight excluding hydrogens is 186 g/mol. The second-order valence-corrected chi connectivity index (χ2v) is 3.70. The van der Waals surface area contributed by atoms with E-state index in [9.17, 15) is 0 Å². The molecule has 0 amide bonds. The van der Waals surface area contributed by atoms with Gasteiger partial charge in [0, 0.05) is 5.69 Å². The minimum atomic E-state index is 0.195. The Bertz CT molecular complexity index is 420. The van der Waals surface area contributed by atoms with Crippen LogP contribution in [-0.4, -0.2) is 0 Å². The number of hydrogen-bond acceptors (Lipinski definition) is 2. The largest absolute Gasteiger partial charge is 0.467 e. The molecule has 0 aliphatic carbocycles. The van der Waals surface area contributed by atoms with Gasteiger partial charge in [-0.05, 0) is 37.6 Å². The highest BCUT2D eigenvalue weighted by molar-refractivity contribution is 5.51. The smallest absolute Gasteiger partial charge is 0.125 e. The lowest BCUT2D eigenvalue weighted by molar-refractivity contribution is 0.490. The third-order valence-corrected chi connectivity index (χ3v) is 2.49. The van der Waals surface area contributed by atoms with E-state index in [0.29, 0.717) is 0 Å². The van der Waals surface area contributed by atoms with Crippen molar-refractivity contribution in [2.75, 3.05) is 5.32 Å². The predicted octanol–water partition coefficient (Wildman–Crippen LogP) is 3.76. The highest BCUT2D eigenvalue weighted by Crippen LogP contribution is 2.21. The Balaban J connectivity index is 2.13. The zero-order valence-corrected chi connectivity index (χ0v) is 9.03. The van der Waals surface area contributed by atoms with Crippen molar-refractivity contribution in [3.05, 3.63) is 54.0 Å². The van der Waals surface area contributed by atoms with E-state index < -0.39 is 0 Å². The van der Waals surface area contributed by atoms with E-state index in [1.165, 1.54) is 5.56 Å². The van der Waals surface area contributed by atoms with Crippen LogP contribution in [-0.2, 0) is 0 Å². The molecule has 2 aromatic rings. The van der Waals surface area contributed by atoms with Gasteiger partial charge in [0.15, 0.2) is 0 Å². The summed E-state index contributed by atoms with van der Waals surface area (Å²) in [7, 11) is 0. The summed E-state index contributed by atoms with van der Waals surface area (Å²) in [5.41, 5.74) is 2.40. The van der Waals surface area contributed by atoms with Crippen molar-refractivity contribution in [2.24, 2.45) is 0 Å².